The third kappa shape index (κ3) is 2.64. The highest BCUT2D eigenvalue weighted by atomic mass is 35.5. The number of pyridine rings is 2. The lowest BCUT2D eigenvalue weighted by Crippen LogP contribution is -1.88. The molecule has 0 saturated carbocycles. The summed E-state index contributed by atoms with van der Waals surface area (Å²) in [6.07, 6.45) is 1.72. The molecule has 1 aromatic carbocycles. The average Bonchev–Trinajstić information content (AvgIpc) is 2.41. The molecule has 0 bridgehead atoms. The van der Waals surface area contributed by atoms with Crippen molar-refractivity contribution in [3.63, 3.8) is 0 Å². The summed E-state index contributed by atoms with van der Waals surface area (Å²) >= 11 is 7.53. The third-order valence-corrected chi connectivity index (χ3v) is 3.99. The largest absolute Gasteiger partial charge is 0.399 e. The van der Waals surface area contributed by atoms with Crippen LogP contribution in [0.25, 0.3) is 10.9 Å². The number of hydrogen-bond donors (Lipinski definition) is 1. The SMILES string of the molecule is Nc1ccc2nc(Sc3ncccc3Cl)ccc2c1. The summed E-state index contributed by atoms with van der Waals surface area (Å²) in [5.41, 5.74) is 7.39. The number of hydrogen-bond acceptors (Lipinski definition) is 4. The van der Waals surface area contributed by atoms with Gasteiger partial charge in [0.2, 0.25) is 0 Å². The van der Waals surface area contributed by atoms with E-state index in [1.807, 2.05) is 42.5 Å². The van der Waals surface area contributed by atoms with E-state index in [2.05, 4.69) is 9.97 Å². The van der Waals surface area contributed by atoms with Crippen molar-refractivity contribution < 1.29 is 0 Å². The topological polar surface area (TPSA) is 51.8 Å². The van der Waals surface area contributed by atoms with Gasteiger partial charge in [0.15, 0.2) is 0 Å². The zero-order valence-electron chi connectivity index (χ0n) is 9.88. The van der Waals surface area contributed by atoms with E-state index in [0.29, 0.717) is 5.02 Å². The van der Waals surface area contributed by atoms with Gasteiger partial charge in [0.05, 0.1) is 10.5 Å². The van der Waals surface area contributed by atoms with Crippen LogP contribution in [0.15, 0.2) is 58.7 Å². The van der Waals surface area contributed by atoms with Crippen LogP contribution in [-0.4, -0.2) is 9.97 Å². The quantitative estimate of drug-likeness (QED) is 0.723. The third-order valence-electron chi connectivity index (χ3n) is 2.61. The zero-order valence-corrected chi connectivity index (χ0v) is 11.4. The van der Waals surface area contributed by atoms with Gasteiger partial charge in [0.25, 0.3) is 0 Å². The number of nitrogens with zero attached hydrogens (tertiary/aromatic N) is 2. The number of nitrogen functional groups attached to an aromatic ring is 1. The Morgan fingerprint density at radius 2 is 2.00 bits per heavy atom. The van der Waals surface area contributed by atoms with Gasteiger partial charge >= 0.3 is 0 Å². The highest BCUT2D eigenvalue weighted by molar-refractivity contribution is 7.99. The highest BCUT2D eigenvalue weighted by Gasteiger charge is 2.05. The summed E-state index contributed by atoms with van der Waals surface area (Å²) in [6, 6.07) is 13.2. The molecule has 2 heterocycles. The van der Waals surface area contributed by atoms with Crippen molar-refractivity contribution in [1.29, 1.82) is 0 Å². The maximum Gasteiger partial charge on any atom is 0.121 e. The lowest BCUT2D eigenvalue weighted by Gasteiger charge is -2.04. The Kier molecular flexibility index (Phi) is 3.27. The molecule has 0 unspecified atom stereocenters. The molecule has 0 radical (unpaired) electrons. The molecule has 0 amide bonds. The van der Waals surface area contributed by atoms with Crippen LogP contribution in [0.1, 0.15) is 0 Å². The van der Waals surface area contributed by atoms with Gasteiger partial charge in [-0.15, -0.1) is 0 Å². The Morgan fingerprint density at radius 1 is 1.11 bits per heavy atom. The zero-order chi connectivity index (χ0) is 13.2. The van der Waals surface area contributed by atoms with Gasteiger partial charge in [-0.05, 0) is 48.2 Å². The molecule has 3 rings (SSSR count). The lowest BCUT2D eigenvalue weighted by atomic mass is 10.2. The first kappa shape index (κ1) is 12.3. The molecule has 3 nitrogen and oxygen atoms in total. The van der Waals surface area contributed by atoms with Gasteiger partial charge in [-0.3, -0.25) is 0 Å². The number of rotatable bonds is 2. The van der Waals surface area contributed by atoms with Gasteiger partial charge in [-0.2, -0.15) is 0 Å². The molecule has 19 heavy (non-hydrogen) atoms. The molecule has 2 aromatic heterocycles. The maximum absolute atomic E-state index is 6.09. The van der Waals surface area contributed by atoms with Crippen LogP contribution >= 0.6 is 23.4 Å². The monoisotopic (exact) mass is 287 g/mol. The molecule has 0 aliphatic carbocycles. The number of benzene rings is 1. The van der Waals surface area contributed by atoms with Crippen LogP contribution in [0.4, 0.5) is 5.69 Å². The van der Waals surface area contributed by atoms with Crippen molar-refractivity contribution in [3.8, 4) is 0 Å². The minimum atomic E-state index is 0.631. The molecule has 0 atom stereocenters. The van der Waals surface area contributed by atoms with E-state index in [1.54, 1.807) is 6.20 Å². The molecule has 0 aliphatic heterocycles. The second-order valence-electron chi connectivity index (χ2n) is 3.99. The van der Waals surface area contributed by atoms with Gasteiger partial charge in [-0.25, -0.2) is 9.97 Å². The van der Waals surface area contributed by atoms with Gasteiger partial charge in [0, 0.05) is 17.3 Å². The van der Waals surface area contributed by atoms with E-state index < -0.39 is 0 Å². The van der Waals surface area contributed by atoms with Gasteiger partial charge in [-0.1, -0.05) is 17.7 Å². The van der Waals surface area contributed by atoms with E-state index in [-0.39, 0.29) is 0 Å². The van der Waals surface area contributed by atoms with E-state index >= 15 is 0 Å². The molecule has 0 fully saturated rings. The summed E-state index contributed by atoms with van der Waals surface area (Å²) in [6.45, 7) is 0. The predicted octanol–water partition coefficient (Wildman–Crippen LogP) is 4.02. The van der Waals surface area contributed by atoms with E-state index in [9.17, 15) is 0 Å². The molecule has 94 valence electrons. The van der Waals surface area contributed by atoms with Crippen LogP contribution in [0, 0.1) is 0 Å². The summed E-state index contributed by atoms with van der Waals surface area (Å²) in [7, 11) is 0. The van der Waals surface area contributed by atoms with Gasteiger partial charge < -0.3 is 5.73 Å². The fourth-order valence-electron chi connectivity index (χ4n) is 1.73. The molecule has 0 spiro atoms. The number of fused-ring (bicyclic) bond motifs is 1. The van der Waals surface area contributed by atoms with Crippen LogP contribution in [0.2, 0.25) is 5.02 Å². The van der Waals surface area contributed by atoms with E-state index in [0.717, 1.165) is 26.6 Å². The molecule has 2 N–H and O–H groups in total. The van der Waals surface area contributed by atoms with E-state index in [4.69, 9.17) is 17.3 Å². The summed E-state index contributed by atoms with van der Waals surface area (Å²) < 4.78 is 0. The van der Waals surface area contributed by atoms with Crippen molar-refractivity contribution >= 4 is 40.0 Å². The second-order valence-corrected chi connectivity index (χ2v) is 5.41. The molecule has 5 heteroatoms. The second kappa shape index (κ2) is 5.07. The minimum Gasteiger partial charge on any atom is -0.399 e. The molecule has 0 saturated heterocycles. The normalized spacial score (nSPS) is 10.8. The Balaban J connectivity index is 1.98. The van der Waals surface area contributed by atoms with E-state index in [1.165, 1.54) is 11.8 Å². The lowest BCUT2D eigenvalue weighted by molar-refractivity contribution is 1.11. The van der Waals surface area contributed by atoms with Crippen molar-refractivity contribution in [2.24, 2.45) is 0 Å². The van der Waals surface area contributed by atoms with Crippen LogP contribution < -0.4 is 5.73 Å². The molecular weight excluding hydrogens is 278 g/mol. The minimum absolute atomic E-state index is 0.631. The number of aromatic nitrogens is 2. The van der Waals surface area contributed by atoms with Crippen molar-refractivity contribution in [2.45, 2.75) is 10.1 Å². The number of halogens is 1. The van der Waals surface area contributed by atoms with Crippen LogP contribution in [0.3, 0.4) is 0 Å². The number of anilines is 1. The van der Waals surface area contributed by atoms with Gasteiger partial charge in [0.1, 0.15) is 10.1 Å². The highest BCUT2D eigenvalue weighted by Crippen LogP contribution is 2.31. The average molecular weight is 288 g/mol. The van der Waals surface area contributed by atoms with Crippen molar-refractivity contribution in [3.05, 3.63) is 53.7 Å². The number of nitrogens with two attached hydrogens (primary N) is 1. The smallest absolute Gasteiger partial charge is 0.121 e. The Hall–Kier alpha value is -1.78. The van der Waals surface area contributed by atoms with Crippen molar-refractivity contribution in [1.82, 2.24) is 9.97 Å². The van der Waals surface area contributed by atoms with Crippen LogP contribution in [0.5, 0.6) is 0 Å². The predicted molar refractivity (Wildman–Crippen MR) is 79.5 cm³/mol. The standard InChI is InChI=1S/C14H10ClN3S/c15-11-2-1-7-17-14(11)19-13-6-3-9-8-10(16)4-5-12(9)18-13/h1-8H,16H2. The Morgan fingerprint density at radius 3 is 2.84 bits per heavy atom. The Bertz CT molecular complexity index is 746. The summed E-state index contributed by atoms with van der Waals surface area (Å²) in [5.74, 6) is 0. The maximum atomic E-state index is 6.09. The first-order chi connectivity index (χ1) is 9.22. The van der Waals surface area contributed by atoms with Crippen LogP contribution in [-0.2, 0) is 0 Å². The first-order valence-electron chi connectivity index (χ1n) is 5.67. The molecular formula is C14H10ClN3S. The van der Waals surface area contributed by atoms with Crippen molar-refractivity contribution in [2.75, 3.05) is 5.73 Å². The Labute approximate surface area is 119 Å². The molecule has 0 aliphatic rings. The summed E-state index contributed by atoms with van der Waals surface area (Å²) in [4.78, 5) is 8.80. The molecule has 3 aromatic rings. The fraction of sp³-hybridized carbons (Fsp3) is 0. The fourth-order valence-corrected chi connectivity index (χ4v) is 2.72. The summed E-state index contributed by atoms with van der Waals surface area (Å²) in [5, 5.41) is 3.27. The first-order valence-corrected chi connectivity index (χ1v) is 6.86.